The molecule has 0 radical (unpaired) electrons. The van der Waals surface area contributed by atoms with Crippen LogP contribution in [-0.4, -0.2) is 6.54 Å². The van der Waals surface area contributed by atoms with Crippen molar-refractivity contribution in [1.82, 2.24) is 0 Å². The lowest BCUT2D eigenvalue weighted by Gasteiger charge is -2.08. The minimum absolute atomic E-state index is 0.261. The molecule has 0 aromatic heterocycles. The predicted octanol–water partition coefficient (Wildman–Crippen LogP) is 4.83. The molecule has 3 heteroatoms. The van der Waals surface area contributed by atoms with Gasteiger partial charge in [0.25, 0.3) is 0 Å². The van der Waals surface area contributed by atoms with E-state index in [0.29, 0.717) is 5.75 Å². The second-order valence-corrected chi connectivity index (χ2v) is 4.36. The van der Waals surface area contributed by atoms with E-state index in [4.69, 9.17) is 4.74 Å². The monoisotopic (exact) mass is 259 g/mol. The first-order chi connectivity index (χ1) is 9.28. The lowest BCUT2D eigenvalue weighted by Crippen LogP contribution is -2.00. The Morgan fingerprint density at radius 3 is 2.11 bits per heavy atom. The molecule has 0 aliphatic heterocycles. The van der Waals surface area contributed by atoms with Crippen LogP contribution in [0.15, 0.2) is 48.5 Å². The zero-order valence-electron chi connectivity index (χ0n) is 11.0. The topological polar surface area (TPSA) is 21.3 Å². The first-order valence-electron chi connectivity index (χ1n) is 6.55. The Balaban J connectivity index is 1.92. The van der Waals surface area contributed by atoms with E-state index in [1.165, 1.54) is 18.6 Å². The molecule has 0 amide bonds. The average Bonchev–Trinajstić information content (AvgIpc) is 2.44. The summed E-state index contributed by atoms with van der Waals surface area (Å²) in [6.07, 6.45) is 2.34. The molecular weight excluding hydrogens is 241 g/mol. The van der Waals surface area contributed by atoms with Crippen LogP contribution in [0, 0.1) is 5.82 Å². The van der Waals surface area contributed by atoms with Crippen molar-refractivity contribution in [1.29, 1.82) is 0 Å². The Hall–Kier alpha value is -2.03. The maximum absolute atomic E-state index is 12.8. The molecule has 0 saturated heterocycles. The van der Waals surface area contributed by atoms with E-state index < -0.39 is 0 Å². The Bertz CT molecular complexity index is 493. The molecule has 0 fully saturated rings. The van der Waals surface area contributed by atoms with Gasteiger partial charge in [-0.25, -0.2) is 4.39 Å². The van der Waals surface area contributed by atoms with Crippen molar-refractivity contribution < 1.29 is 9.13 Å². The Morgan fingerprint density at radius 1 is 0.947 bits per heavy atom. The summed E-state index contributed by atoms with van der Waals surface area (Å²) < 4.78 is 18.4. The molecule has 0 unspecified atom stereocenters. The molecule has 0 heterocycles. The average molecular weight is 259 g/mol. The molecule has 2 aromatic carbocycles. The normalized spacial score (nSPS) is 10.2. The number of ether oxygens (including phenoxy) is 1. The molecule has 0 saturated carbocycles. The van der Waals surface area contributed by atoms with Gasteiger partial charge in [-0.05, 0) is 55.0 Å². The summed E-state index contributed by atoms with van der Waals surface area (Å²) in [5.41, 5.74) is 1.08. The van der Waals surface area contributed by atoms with Gasteiger partial charge in [0.05, 0.1) is 0 Å². The number of rotatable bonds is 6. The smallest absolute Gasteiger partial charge is 0.127 e. The molecule has 2 aromatic rings. The van der Waals surface area contributed by atoms with E-state index in [1.807, 2.05) is 24.3 Å². The third kappa shape index (κ3) is 4.28. The van der Waals surface area contributed by atoms with Gasteiger partial charge in [-0.1, -0.05) is 13.3 Å². The fourth-order valence-electron chi connectivity index (χ4n) is 1.69. The van der Waals surface area contributed by atoms with Gasteiger partial charge in [-0.3, -0.25) is 0 Å². The molecule has 0 spiro atoms. The lowest BCUT2D eigenvalue weighted by atomic mass is 10.2. The molecule has 0 atom stereocenters. The molecular formula is C16H18FNO. The highest BCUT2D eigenvalue weighted by Crippen LogP contribution is 2.23. The number of nitrogens with one attached hydrogen (secondary N) is 1. The van der Waals surface area contributed by atoms with E-state index in [2.05, 4.69) is 12.2 Å². The number of anilines is 1. The summed E-state index contributed by atoms with van der Waals surface area (Å²) >= 11 is 0. The molecule has 0 aliphatic rings. The minimum atomic E-state index is -0.261. The van der Waals surface area contributed by atoms with E-state index >= 15 is 0 Å². The van der Waals surface area contributed by atoms with Crippen LogP contribution in [0.1, 0.15) is 19.8 Å². The first-order valence-corrected chi connectivity index (χ1v) is 6.55. The maximum atomic E-state index is 12.8. The number of hydrogen-bond acceptors (Lipinski definition) is 2. The third-order valence-electron chi connectivity index (χ3n) is 2.76. The van der Waals surface area contributed by atoms with Crippen LogP contribution < -0.4 is 10.1 Å². The van der Waals surface area contributed by atoms with Crippen molar-refractivity contribution in [2.45, 2.75) is 19.8 Å². The fourth-order valence-corrected chi connectivity index (χ4v) is 1.69. The van der Waals surface area contributed by atoms with E-state index in [9.17, 15) is 4.39 Å². The second kappa shape index (κ2) is 6.78. The highest BCUT2D eigenvalue weighted by atomic mass is 19.1. The summed E-state index contributed by atoms with van der Waals surface area (Å²) in [6.45, 7) is 3.15. The molecule has 100 valence electrons. The van der Waals surface area contributed by atoms with Crippen LogP contribution in [0.2, 0.25) is 0 Å². The highest BCUT2D eigenvalue weighted by molar-refractivity contribution is 5.47. The van der Waals surface area contributed by atoms with Crippen LogP contribution in [0.25, 0.3) is 0 Å². The number of benzene rings is 2. The Morgan fingerprint density at radius 2 is 1.53 bits per heavy atom. The summed E-state index contributed by atoms with van der Waals surface area (Å²) in [6, 6.07) is 13.8. The summed E-state index contributed by atoms with van der Waals surface area (Å²) in [4.78, 5) is 0. The van der Waals surface area contributed by atoms with Crippen molar-refractivity contribution in [3.05, 3.63) is 54.3 Å². The predicted molar refractivity (Wildman–Crippen MR) is 76.3 cm³/mol. The Labute approximate surface area is 113 Å². The Kier molecular flexibility index (Phi) is 4.78. The van der Waals surface area contributed by atoms with Crippen LogP contribution in [0.3, 0.4) is 0 Å². The van der Waals surface area contributed by atoms with Gasteiger partial charge < -0.3 is 10.1 Å². The second-order valence-electron chi connectivity index (χ2n) is 4.36. The van der Waals surface area contributed by atoms with Crippen molar-refractivity contribution in [2.75, 3.05) is 11.9 Å². The largest absolute Gasteiger partial charge is 0.457 e. The molecule has 19 heavy (non-hydrogen) atoms. The maximum Gasteiger partial charge on any atom is 0.127 e. The zero-order valence-corrected chi connectivity index (χ0v) is 11.0. The van der Waals surface area contributed by atoms with Gasteiger partial charge in [-0.2, -0.15) is 0 Å². The fraction of sp³-hybridized carbons (Fsp3) is 0.250. The van der Waals surface area contributed by atoms with Crippen LogP contribution in [-0.2, 0) is 0 Å². The van der Waals surface area contributed by atoms with Crippen LogP contribution >= 0.6 is 0 Å². The van der Waals surface area contributed by atoms with Gasteiger partial charge >= 0.3 is 0 Å². The van der Waals surface area contributed by atoms with Gasteiger partial charge in [0.15, 0.2) is 0 Å². The van der Waals surface area contributed by atoms with Gasteiger partial charge in [0, 0.05) is 12.2 Å². The molecule has 0 bridgehead atoms. The third-order valence-corrected chi connectivity index (χ3v) is 2.76. The van der Waals surface area contributed by atoms with E-state index in [0.717, 1.165) is 24.4 Å². The van der Waals surface area contributed by atoms with Crippen molar-refractivity contribution >= 4 is 5.69 Å². The van der Waals surface area contributed by atoms with Crippen molar-refractivity contribution in [3.8, 4) is 11.5 Å². The standard InChI is InChI=1S/C16H18FNO/c1-2-3-12-18-14-6-10-16(11-7-14)19-15-8-4-13(17)5-9-15/h4-11,18H,2-3,12H2,1H3. The number of unbranched alkanes of at least 4 members (excludes halogenated alkanes) is 1. The number of halogens is 1. The molecule has 1 N–H and O–H groups in total. The SMILES string of the molecule is CCCCNc1ccc(Oc2ccc(F)cc2)cc1. The molecule has 2 nitrogen and oxygen atoms in total. The van der Waals surface area contributed by atoms with E-state index in [1.54, 1.807) is 12.1 Å². The van der Waals surface area contributed by atoms with Crippen LogP contribution in [0.5, 0.6) is 11.5 Å². The van der Waals surface area contributed by atoms with Gasteiger partial charge in [0.1, 0.15) is 17.3 Å². The number of hydrogen-bond donors (Lipinski definition) is 1. The summed E-state index contributed by atoms with van der Waals surface area (Å²) in [5.74, 6) is 1.11. The summed E-state index contributed by atoms with van der Waals surface area (Å²) in [5, 5.41) is 3.34. The van der Waals surface area contributed by atoms with Crippen molar-refractivity contribution in [3.63, 3.8) is 0 Å². The summed E-state index contributed by atoms with van der Waals surface area (Å²) in [7, 11) is 0. The first kappa shape index (κ1) is 13.4. The lowest BCUT2D eigenvalue weighted by molar-refractivity contribution is 0.480. The zero-order chi connectivity index (χ0) is 13.5. The van der Waals surface area contributed by atoms with Crippen LogP contribution in [0.4, 0.5) is 10.1 Å². The highest BCUT2D eigenvalue weighted by Gasteiger charge is 1.98. The van der Waals surface area contributed by atoms with Gasteiger partial charge in [0.2, 0.25) is 0 Å². The van der Waals surface area contributed by atoms with E-state index in [-0.39, 0.29) is 5.82 Å². The quantitative estimate of drug-likeness (QED) is 0.750. The molecule has 2 rings (SSSR count). The van der Waals surface area contributed by atoms with Crippen molar-refractivity contribution in [2.24, 2.45) is 0 Å². The minimum Gasteiger partial charge on any atom is -0.457 e. The molecule has 0 aliphatic carbocycles. The van der Waals surface area contributed by atoms with Gasteiger partial charge in [-0.15, -0.1) is 0 Å².